The first kappa shape index (κ1) is 14.7. The lowest BCUT2D eigenvalue weighted by atomic mass is 10.2. The van der Waals surface area contributed by atoms with Crippen LogP contribution in [-0.4, -0.2) is 33.2 Å². The molecule has 0 saturated carbocycles. The van der Waals surface area contributed by atoms with Crippen LogP contribution in [0.4, 0.5) is 5.13 Å². The lowest BCUT2D eigenvalue weighted by Crippen LogP contribution is -2.11. The number of rotatable bonds is 5. The van der Waals surface area contributed by atoms with Gasteiger partial charge in [0.1, 0.15) is 5.82 Å². The minimum absolute atomic E-state index is 0.104. The number of aromatic amines is 1. The molecule has 0 amide bonds. The number of carbonyl (C=O) groups excluding carboxylic acids is 1. The lowest BCUT2D eigenvalue weighted by molar-refractivity contribution is 0.0606. The maximum Gasteiger partial charge on any atom is 0.351 e. The maximum absolute atomic E-state index is 11.5. The molecule has 0 radical (unpaired) electrons. The molecule has 0 bridgehead atoms. The largest absolute Gasteiger partial charge is 0.465 e. The van der Waals surface area contributed by atoms with E-state index in [2.05, 4.69) is 30.2 Å². The summed E-state index contributed by atoms with van der Waals surface area (Å²) in [7, 11) is 1.30. The number of anilines is 1. The summed E-state index contributed by atoms with van der Waals surface area (Å²) < 4.78 is 4.64. The second-order valence-corrected chi connectivity index (χ2v) is 5.37. The van der Waals surface area contributed by atoms with Crippen molar-refractivity contribution < 1.29 is 9.53 Å². The zero-order valence-corrected chi connectivity index (χ0v) is 12.8. The Bertz CT molecular complexity index is 612. The van der Waals surface area contributed by atoms with Gasteiger partial charge in [0.25, 0.3) is 0 Å². The number of carbonyl (C=O) groups is 1. The molecule has 108 valence electrons. The van der Waals surface area contributed by atoms with E-state index in [0.29, 0.717) is 11.0 Å². The Morgan fingerprint density at radius 1 is 1.55 bits per heavy atom. The van der Waals surface area contributed by atoms with Gasteiger partial charge >= 0.3 is 5.97 Å². The third kappa shape index (κ3) is 3.07. The van der Waals surface area contributed by atoms with E-state index in [-0.39, 0.29) is 16.1 Å². The Kier molecular flexibility index (Phi) is 4.56. The molecular weight excluding hydrogens is 302 g/mol. The molecule has 2 aromatic rings. The van der Waals surface area contributed by atoms with Crippen LogP contribution < -0.4 is 5.32 Å². The Balaban J connectivity index is 2.18. The van der Waals surface area contributed by atoms with Gasteiger partial charge in [0.15, 0.2) is 21.0 Å². The number of hydrogen-bond acceptors (Lipinski definition) is 7. The van der Waals surface area contributed by atoms with Crippen LogP contribution in [0.25, 0.3) is 0 Å². The van der Waals surface area contributed by atoms with Gasteiger partial charge in [0.2, 0.25) is 0 Å². The Hall–Kier alpha value is -1.67. The molecule has 0 spiro atoms. The molecule has 2 heterocycles. The molecule has 0 aromatic carbocycles. The molecule has 2 rings (SSSR count). The molecule has 2 N–H and O–H groups in total. The quantitative estimate of drug-likeness (QED) is 0.824. The van der Waals surface area contributed by atoms with Gasteiger partial charge in [-0.2, -0.15) is 5.10 Å². The van der Waals surface area contributed by atoms with Gasteiger partial charge in [-0.3, -0.25) is 5.10 Å². The van der Waals surface area contributed by atoms with Crippen molar-refractivity contribution in [1.82, 2.24) is 20.2 Å². The number of aryl methyl sites for hydroxylation is 1. The van der Waals surface area contributed by atoms with Gasteiger partial charge < -0.3 is 10.1 Å². The van der Waals surface area contributed by atoms with Crippen LogP contribution in [0.2, 0.25) is 5.15 Å². The topological polar surface area (TPSA) is 92.8 Å². The number of aromatic nitrogens is 4. The van der Waals surface area contributed by atoms with E-state index >= 15 is 0 Å². The molecule has 0 fully saturated rings. The second-order valence-electron chi connectivity index (χ2n) is 4.01. The molecule has 0 saturated heterocycles. The normalized spacial score (nSPS) is 12.2. The summed E-state index contributed by atoms with van der Waals surface area (Å²) in [6.07, 6.45) is 0.766. The first-order chi connectivity index (χ1) is 9.55. The molecule has 1 atom stereocenters. The number of ether oxygens (including phenoxy) is 1. The smallest absolute Gasteiger partial charge is 0.351 e. The van der Waals surface area contributed by atoms with Crippen LogP contribution in [0.1, 0.15) is 40.7 Å². The zero-order chi connectivity index (χ0) is 14.7. The fraction of sp³-hybridized carbons (Fsp3) is 0.455. The second kappa shape index (κ2) is 6.19. The molecule has 20 heavy (non-hydrogen) atoms. The van der Waals surface area contributed by atoms with Gasteiger partial charge in [-0.05, 0) is 13.3 Å². The van der Waals surface area contributed by atoms with E-state index in [1.165, 1.54) is 7.11 Å². The van der Waals surface area contributed by atoms with E-state index < -0.39 is 5.97 Å². The maximum atomic E-state index is 11.5. The van der Waals surface area contributed by atoms with Crippen molar-refractivity contribution in [1.29, 1.82) is 0 Å². The van der Waals surface area contributed by atoms with Gasteiger partial charge in [0, 0.05) is 0 Å². The van der Waals surface area contributed by atoms with Crippen molar-refractivity contribution in [2.45, 2.75) is 26.3 Å². The number of hydrogen-bond donors (Lipinski definition) is 2. The highest BCUT2D eigenvalue weighted by atomic mass is 35.5. The van der Waals surface area contributed by atoms with Crippen molar-refractivity contribution in [3.8, 4) is 0 Å². The van der Waals surface area contributed by atoms with Crippen LogP contribution in [0.5, 0.6) is 0 Å². The molecule has 0 aliphatic rings. The fourth-order valence-corrected chi connectivity index (χ4v) is 2.75. The number of esters is 1. The van der Waals surface area contributed by atoms with E-state index in [9.17, 15) is 4.79 Å². The van der Waals surface area contributed by atoms with Gasteiger partial charge in [-0.15, -0.1) is 0 Å². The number of nitrogens with one attached hydrogen (secondary N) is 2. The van der Waals surface area contributed by atoms with Crippen molar-refractivity contribution in [3.05, 3.63) is 21.7 Å². The summed E-state index contributed by atoms with van der Waals surface area (Å²) in [6, 6.07) is -0.104. The third-order valence-electron chi connectivity index (χ3n) is 2.59. The highest BCUT2D eigenvalue weighted by Crippen LogP contribution is 2.30. The number of halogens is 1. The Morgan fingerprint density at radius 2 is 2.30 bits per heavy atom. The third-order valence-corrected chi connectivity index (χ3v) is 3.94. The van der Waals surface area contributed by atoms with E-state index in [4.69, 9.17) is 11.6 Å². The van der Waals surface area contributed by atoms with Crippen LogP contribution >= 0.6 is 22.9 Å². The summed E-state index contributed by atoms with van der Waals surface area (Å²) in [5.74, 6) is 0.894. The average molecular weight is 316 g/mol. The Labute approximate surface area is 124 Å². The molecule has 9 heteroatoms. The van der Waals surface area contributed by atoms with E-state index in [1.54, 1.807) is 0 Å². The van der Waals surface area contributed by atoms with Crippen LogP contribution in [-0.2, 0) is 4.74 Å². The highest BCUT2D eigenvalue weighted by Gasteiger charge is 2.20. The highest BCUT2D eigenvalue weighted by molar-refractivity contribution is 7.18. The van der Waals surface area contributed by atoms with Crippen molar-refractivity contribution in [2.75, 3.05) is 12.4 Å². The number of H-pyrrole nitrogens is 1. The number of nitrogens with zero attached hydrogens (tertiary/aromatic N) is 3. The lowest BCUT2D eigenvalue weighted by Gasteiger charge is -2.11. The van der Waals surface area contributed by atoms with Crippen LogP contribution in [0.3, 0.4) is 0 Å². The van der Waals surface area contributed by atoms with Gasteiger partial charge in [-0.25, -0.2) is 14.8 Å². The van der Waals surface area contributed by atoms with E-state index in [1.807, 2.05) is 13.8 Å². The van der Waals surface area contributed by atoms with Crippen molar-refractivity contribution in [3.63, 3.8) is 0 Å². The molecule has 0 aliphatic heterocycles. The Morgan fingerprint density at radius 3 is 2.85 bits per heavy atom. The van der Waals surface area contributed by atoms with Gasteiger partial charge in [0.05, 0.1) is 13.2 Å². The van der Waals surface area contributed by atoms with E-state index in [0.717, 1.165) is 23.6 Å². The minimum atomic E-state index is -0.498. The minimum Gasteiger partial charge on any atom is -0.465 e. The molecule has 7 nitrogen and oxygen atoms in total. The monoisotopic (exact) mass is 315 g/mol. The SMILES string of the molecule is CCC(Nc1nc(Cl)c(C(=O)OC)s1)c1n[nH]c(C)n1. The summed E-state index contributed by atoms with van der Waals surface area (Å²) in [6.45, 7) is 3.83. The summed E-state index contributed by atoms with van der Waals surface area (Å²) >= 11 is 7.06. The standard InChI is InChI=1S/C11H14ClN5O2S/c1-4-6(9-13-5(2)16-17-9)14-11-15-8(12)7(20-11)10(18)19-3/h6H,4H2,1-3H3,(H,14,15)(H,13,16,17). The summed E-state index contributed by atoms with van der Waals surface area (Å²) in [5.41, 5.74) is 0. The van der Waals surface area contributed by atoms with Crippen molar-refractivity contribution in [2.24, 2.45) is 0 Å². The number of methoxy groups -OCH3 is 1. The molecule has 1 unspecified atom stereocenters. The zero-order valence-electron chi connectivity index (χ0n) is 11.2. The summed E-state index contributed by atoms with van der Waals surface area (Å²) in [5, 5.41) is 10.7. The predicted molar refractivity (Wildman–Crippen MR) is 76.2 cm³/mol. The number of thiazole rings is 1. The van der Waals surface area contributed by atoms with Gasteiger partial charge in [-0.1, -0.05) is 29.9 Å². The van der Waals surface area contributed by atoms with Crippen molar-refractivity contribution >= 4 is 34.0 Å². The first-order valence-electron chi connectivity index (χ1n) is 5.95. The average Bonchev–Trinajstić information content (AvgIpc) is 3.01. The molecule has 2 aromatic heterocycles. The fourth-order valence-electron chi connectivity index (χ4n) is 1.60. The van der Waals surface area contributed by atoms with Crippen LogP contribution in [0.15, 0.2) is 0 Å². The molecule has 0 aliphatic carbocycles. The molecular formula is C11H14ClN5O2S. The van der Waals surface area contributed by atoms with Crippen LogP contribution in [0, 0.1) is 6.92 Å². The predicted octanol–water partition coefficient (Wildman–Crippen LogP) is 2.57. The summed E-state index contributed by atoms with van der Waals surface area (Å²) in [4.78, 5) is 20.1. The first-order valence-corrected chi connectivity index (χ1v) is 7.14.